The molecule has 0 fully saturated rings. The summed E-state index contributed by atoms with van der Waals surface area (Å²) >= 11 is 0. The maximum absolute atomic E-state index is 6.60. The van der Waals surface area contributed by atoms with E-state index in [1.165, 1.54) is 49.2 Å². The van der Waals surface area contributed by atoms with E-state index in [0.29, 0.717) is 0 Å². The largest absolute Gasteiger partial charge is 0.455 e. The topological polar surface area (TPSA) is 16.4 Å². The van der Waals surface area contributed by atoms with Gasteiger partial charge < -0.3 is 9.32 Å². The zero-order chi connectivity index (χ0) is 37.0. The highest BCUT2D eigenvalue weighted by molar-refractivity contribution is 6.19. The van der Waals surface area contributed by atoms with E-state index in [4.69, 9.17) is 4.42 Å². The molecule has 0 bridgehead atoms. The van der Waals surface area contributed by atoms with Crippen molar-refractivity contribution in [3.05, 3.63) is 212 Å². The molecule has 1 heterocycles. The Balaban J connectivity index is 1.10. The van der Waals surface area contributed by atoms with Crippen molar-refractivity contribution < 1.29 is 4.42 Å². The summed E-state index contributed by atoms with van der Waals surface area (Å²) in [4.78, 5) is 2.39. The summed E-state index contributed by atoms with van der Waals surface area (Å²) in [6.07, 6.45) is 0. The van der Waals surface area contributed by atoms with Gasteiger partial charge in [-0.05, 0) is 115 Å². The Morgan fingerprint density at radius 3 is 1.59 bits per heavy atom. The smallest absolute Gasteiger partial charge is 0.143 e. The van der Waals surface area contributed by atoms with Crippen LogP contribution in [0.3, 0.4) is 0 Å². The number of hydrogen-bond acceptors (Lipinski definition) is 2. The first-order chi connectivity index (χ1) is 27.7. The number of hydrogen-bond donors (Lipinski definition) is 0. The van der Waals surface area contributed by atoms with Crippen LogP contribution in [0.25, 0.3) is 87.6 Å². The van der Waals surface area contributed by atoms with Crippen LogP contribution in [0, 0.1) is 0 Å². The summed E-state index contributed by atoms with van der Waals surface area (Å²) in [5.74, 6) is 0. The lowest BCUT2D eigenvalue weighted by Crippen LogP contribution is -2.10. The highest BCUT2D eigenvalue weighted by Gasteiger charge is 2.19. The van der Waals surface area contributed by atoms with E-state index in [-0.39, 0.29) is 0 Å². The quantitative estimate of drug-likeness (QED) is 0.171. The van der Waals surface area contributed by atoms with E-state index < -0.39 is 0 Å². The monoisotopic (exact) mass is 713 g/mol. The van der Waals surface area contributed by atoms with Gasteiger partial charge in [0.15, 0.2) is 0 Å². The Bertz CT molecular complexity index is 3270. The molecule has 10 aromatic carbocycles. The molecule has 0 radical (unpaired) electrons. The fourth-order valence-electron chi connectivity index (χ4n) is 8.54. The summed E-state index contributed by atoms with van der Waals surface area (Å²) < 4.78 is 6.60. The number of nitrogens with zero attached hydrogens (tertiary/aromatic N) is 1. The second-order valence-corrected chi connectivity index (χ2v) is 14.5. The van der Waals surface area contributed by atoms with Crippen molar-refractivity contribution in [3.63, 3.8) is 0 Å². The van der Waals surface area contributed by atoms with Crippen LogP contribution in [0.4, 0.5) is 17.1 Å². The normalized spacial score (nSPS) is 11.6. The fourth-order valence-corrected chi connectivity index (χ4v) is 8.54. The zero-order valence-corrected chi connectivity index (χ0v) is 30.6. The van der Waals surface area contributed by atoms with E-state index >= 15 is 0 Å². The van der Waals surface area contributed by atoms with Gasteiger partial charge in [-0.15, -0.1) is 0 Å². The first-order valence-electron chi connectivity index (χ1n) is 19.2. The minimum atomic E-state index is 0.891. The third-order valence-corrected chi connectivity index (χ3v) is 11.2. The lowest BCUT2D eigenvalue weighted by Gasteiger charge is -2.27. The molecule has 0 aliphatic carbocycles. The summed E-state index contributed by atoms with van der Waals surface area (Å²) in [6.45, 7) is 0. The molecule has 0 aliphatic heterocycles. The summed E-state index contributed by atoms with van der Waals surface area (Å²) in [5.41, 5.74) is 12.1. The summed E-state index contributed by atoms with van der Waals surface area (Å²) in [5, 5.41) is 9.51. The molecule has 0 aliphatic rings. The third kappa shape index (κ3) is 5.42. The Morgan fingerprint density at radius 2 is 0.821 bits per heavy atom. The summed E-state index contributed by atoms with van der Waals surface area (Å²) in [6, 6.07) is 76.6. The van der Waals surface area contributed by atoms with Crippen LogP contribution < -0.4 is 4.90 Å². The van der Waals surface area contributed by atoms with Crippen LogP contribution in [0.2, 0.25) is 0 Å². The van der Waals surface area contributed by atoms with Crippen molar-refractivity contribution in [2.75, 3.05) is 4.90 Å². The molecule has 1 aromatic heterocycles. The van der Waals surface area contributed by atoms with Crippen molar-refractivity contribution in [3.8, 4) is 33.4 Å². The van der Waals surface area contributed by atoms with Crippen molar-refractivity contribution in [2.24, 2.45) is 0 Å². The lowest BCUT2D eigenvalue weighted by molar-refractivity contribution is 0.673. The second kappa shape index (κ2) is 13.2. The van der Waals surface area contributed by atoms with Crippen molar-refractivity contribution >= 4 is 71.3 Å². The van der Waals surface area contributed by atoms with E-state index in [2.05, 4.69) is 217 Å². The van der Waals surface area contributed by atoms with Gasteiger partial charge in [-0.25, -0.2) is 0 Å². The van der Waals surface area contributed by atoms with Gasteiger partial charge in [0.1, 0.15) is 11.2 Å². The molecule has 0 unspecified atom stereocenters. The number of rotatable bonds is 6. The number of fused-ring (bicyclic) bond motifs is 7. The van der Waals surface area contributed by atoms with Gasteiger partial charge >= 0.3 is 0 Å². The van der Waals surface area contributed by atoms with E-state index in [1.807, 2.05) is 0 Å². The number of furan rings is 1. The highest BCUT2D eigenvalue weighted by Crippen LogP contribution is 2.43. The first kappa shape index (κ1) is 32.0. The maximum atomic E-state index is 6.60. The lowest BCUT2D eigenvalue weighted by atomic mass is 9.96. The predicted molar refractivity (Wildman–Crippen MR) is 237 cm³/mol. The molecule has 11 aromatic rings. The molecular formula is C54H35NO. The van der Waals surface area contributed by atoms with Crippen molar-refractivity contribution in [1.82, 2.24) is 0 Å². The zero-order valence-electron chi connectivity index (χ0n) is 30.6. The van der Waals surface area contributed by atoms with E-state index in [1.54, 1.807) is 0 Å². The molecule has 11 rings (SSSR count). The average molecular weight is 714 g/mol. The number of anilines is 3. The van der Waals surface area contributed by atoms with Gasteiger partial charge in [0.25, 0.3) is 0 Å². The van der Waals surface area contributed by atoms with Gasteiger partial charge in [-0.3, -0.25) is 0 Å². The average Bonchev–Trinajstić information content (AvgIpc) is 3.66. The van der Waals surface area contributed by atoms with Crippen molar-refractivity contribution in [1.29, 1.82) is 0 Å². The van der Waals surface area contributed by atoms with Gasteiger partial charge in [0.05, 0.1) is 0 Å². The maximum Gasteiger partial charge on any atom is 0.143 e. The first-order valence-corrected chi connectivity index (χ1v) is 19.2. The minimum absolute atomic E-state index is 0.891. The Kier molecular flexibility index (Phi) is 7.53. The molecule has 0 saturated carbocycles. The molecule has 0 spiro atoms. The molecule has 0 atom stereocenters. The molecule has 0 N–H and O–H groups in total. The molecule has 0 amide bonds. The molecule has 262 valence electrons. The molecular weight excluding hydrogens is 679 g/mol. The Hall–Kier alpha value is -7.42. The minimum Gasteiger partial charge on any atom is -0.455 e. The Morgan fingerprint density at radius 1 is 0.304 bits per heavy atom. The van der Waals surface area contributed by atoms with Crippen LogP contribution in [-0.2, 0) is 0 Å². The van der Waals surface area contributed by atoms with E-state index in [9.17, 15) is 0 Å². The molecule has 2 nitrogen and oxygen atoms in total. The fraction of sp³-hybridized carbons (Fsp3) is 0. The van der Waals surface area contributed by atoms with Crippen LogP contribution in [0.1, 0.15) is 0 Å². The van der Waals surface area contributed by atoms with Crippen LogP contribution >= 0.6 is 0 Å². The SMILES string of the molecule is c1cc(-c2ccc3ccccc3c2)cc(N(c2cccc(-c3cccc4ccccc34)c2)c2cccc(-c3cccc4oc5c6ccccc6ccc5c34)c2)c1. The third-order valence-electron chi connectivity index (χ3n) is 11.2. The van der Waals surface area contributed by atoms with E-state index in [0.717, 1.165) is 55.5 Å². The van der Waals surface area contributed by atoms with Crippen LogP contribution in [0.5, 0.6) is 0 Å². The predicted octanol–water partition coefficient (Wildman–Crippen LogP) is 15.5. The molecule has 0 saturated heterocycles. The standard InChI is InChI=1S/C54H35NO/c1-2-15-39-32-41(29-28-36(39)12-1)40-17-7-20-44(33-40)55(45-21-8-18-42(34-45)48-25-10-16-37-13-3-5-23-47(37)48)46-22-9-19-43(35-46)49-26-11-27-52-53(49)51-31-30-38-14-4-6-24-50(38)54(51)56-52/h1-35H. The van der Waals surface area contributed by atoms with Gasteiger partial charge in [-0.2, -0.15) is 0 Å². The van der Waals surface area contributed by atoms with Crippen LogP contribution in [-0.4, -0.2) is 0 Å². The van der Waals surface area contributed by atoms with Crippen molar-refractivity contribution in [2.45, 2.75) is 0 Å². The molecule has 56 heavy (non-hydrogen) atoms. The van der Waals surface area contributed by atoms with Gasteiger partial charge in [0, 0.05) is 33.2 Å². The van der Waals surface area contributed by atoms with Gasteiger partial charge in [0.2, 0.25) is 0 Å². The summed E-state index contributed by atoms with van der Waals surface area (Å²) in [7, 11) is 0. The number of benzene rings is 10. The Labute approximate surface area is 325 Å². The molecule has 2 heteroatoms. The highest BCUT2D eigenvalue weighted by atomic mass is 16.3. The second-order valence-electron chi connectivity index (χ2n) is 14.5. The van der Waals surface area contributed by atoms with Gasteiger partial charge in [-0.1, -0.05) is 158 Å². The van der Waals surface area contributed by atoms with Crippen LogP contribution in [0.15, 0.2) is 217 Å².